The van der Waals surface area contributed by atoms with Crippen molar-refractivity contribution >= 4 is 34.1 Å². The van der Waals surface area contributed by atoms with Gasteiger partial charge in [-0.15, -0.1) is 11.3 Å². The van der Waals surface area contributed by atoms with Crippen molar-refractivity contribution in [1.29, 1.82) is 0 Å². The van der Waals surface area contributed by atoms with Gasteiger partial charge >= 0.3 is 0 Å². The number of hydrogen-bond donors (Lipinski definition) is 1. The first-order valence-electron chi connectivity index (χ1n) is 7.62. The van der Waals surface area contributed by atoms with Crippen LogP contribution in [0.2, 0.25) is 0 Å². The first-order valence-corrected chi connectivity index (χ1v) is 9.89. The van der Waals surface area contributed by atoms with Crippen molar-refractivity contribution in [3.8, 4) is 11.1 Å². The second kappa shape index (κ2) is 8.13. The molecular weight excluding hydrogens is 336 g/mol. The molecule has 0 spiro atoms. The van der Waals surface area contributed by atoms with E-state index in [2.05, 4.69) is 34.6 Å². The van der Waals surface area contributed by atoms with Crippen LogP contribution in [-0.4, -0.2) is 17.1 Å². The zero-order valence-corrected chi connectivity index (χ0v) is 15.0. The highest BCUT2D eigenvalue weighted by Gasteiger charge is 2.08. The van der Waals surface area contributed by atoms with Gasteiger partial charge in [0.1, 0.15) is 0 Å². The summed E-state index contributed by atoms with van der Waals surface area (Å²) in [5, 5.41) is 5.53. The van der Waals surface area contributed by atoms with Crippen LogP contribution in [0.5, 0.6) is 0 Å². The van der Waals surface area contributed by atoms with Crippen molar-refractivity contribution < 1.29 is 4.79 Å². The molecule has 1 aromatic heterocycles. The third kappa shape index (κ3) is 4.46. The van der Waals surface area contributed by atoms with Gasteiger partial charge in [-0.3, -0.25) is 4.79 Å². The van der Waals surface area contributed by atoms with Crippen molar-refractivity contribution in [2.75, 3.05) is 11.6 Å². The van der Waals surface area contributed by atoms with Gasteiger partial charge in [0.25, 0.3) is 0 Å². The van der Waals surface area contributed by atoms with E-state index in [4.69, 9.17) is 0 Å². The van der Waals surface area contributed by atoms with Crippen LogP contribution >= 0.6 is 23.1 Å². The van der Waals surface area contributed by atoms with Crippen LogP contribution in [0.15, 0.2) is 60.0 Å². The second-order valence-corrected chi connectivity index (χ2v) is 7.09. The Morgan fingerprint density at radius 1 is 1.08 bits per heavy atom. The molecule has 0 aliphatic rings. The fourth-order valence-corrected chi connectivity index (χ4v) is 3.65. The third-order valence-corrected chi connectivity index (χ3v) is 4.91. The van der Waals surface area contributed by atoms with Gasteiger partial charge in [0.15, 0.2) is 5.13 Å². The lowest BCUT2D eigenvalue weighted by Gasteiger charge is -2.05. The number of nitrogens with zero attached hydrogens (tertiary/aromatic N) is 1. The highest BCUT2D eigenvalue weighted by molar-refractivity contribution is 7.97. The van der Waals surface area contributed by atoms with Crippen LogP contribution < -0.4 is 5.32 Å². The van der Waals surface area contributed by atoms with E-state index in [1.807, 2.05) is 42.0 Å². The van der Waals surface area contributed by atoms with Gasteiger partial charge in [-0.05, 0) is 22.9 Å². The Morgan fingerprint density at radius 3 is 2.50 bits per heavy atom. The van der Waals surface area contributed by atoms with E-state index < -0.39 is 0 Å². The van der Waals surface area contributed by atoms with Crippen molar-refractivity contribution in [1.82, 2.24) is 4.98 Å². The first kappa shape index (κ1) is 16.7. The number of thioether (sulfide) groups is 1. The Hall–Kier alpha value is -2.11. The van der Waals surface area contributed by atoms with Gasteiger partial charge in [-0.2, -0.15) is 11.8 Å². The maximum atomic E-state index is 12.2. The maximum Gasteiger partial charge on any atom is 0.230 e. The molecular formula is C19H18N2OS2. The molecule has 122 valence electrons. The van der Waals surface area contributed by atoms with E-state index in [0.29, 0.717) is 11.6 Å². The van der Waals surface area contributed by atoms with Gasteiger partial charge in [0.2, 0.25) is 5.91 Å². The number of benzene rings is 2. The van der Waals surface area contributed by atoms with Gasteiger partial charge in [-0.1, -0.05) is 54.6 Å². The van der Waals surface area contributed by atoms with Crippen LogP contribution in [0.3, 0.4) is 0 Å². The van der Waals surface area contributed by atoms with Crippen LogP contribution in [0.1, 0.15) is 11.3 Å². The molecule has 0 atom stereocenters. The topological polar surface area (TPSA) is 42.0 Å². The normalized spacial score (nSPS) is 10.5. The molecule has 1 amide bonds. The standard InChI is InChI=1S/C19H18N2OS2/c1-23-12-17-13-24-19(20-17)21-18(22)11-14-7-9-16(10-8-14)15-5-3-2-4-6-15/h2-10,13H,11-12H2,1H3,(H,20,21,22). The fourth-order valence-electron chi connectivity index (χ4n) is 2.37. The number of thiazole rings is 1. The number of hydrogen-bond acceptors (Lipinski definition) is 4. The Balaban J connectivity index is 1.60. The molecule has 0 aliphatic heterocycles. The predicted octanol–water partition coefficient (Wildman–Crippen LogP) is 4.85. The average Bonchev–Trinajstić information content (AvgIpc) is 3.03. The van der Waals surface area contributed by atoms with Crippen LogP contribution in [0.4, 0.5) is 5.13 Å². The van der Waals surface area contributed by atoms with Gasteiger partial charge in [0.05, 0.1) is 12.1 Å². The summed E-state index contributed by atoms with van der Waals surface area (Å²) in [4.78, 5) is 16.6. The van der Waals surface area contributed by atoms with Crippen molar-refractivity contribution in [3.63, 3.8) is 0 Å². The van der Waals surface area contributed by atoms with Gasteiger partial charge in [-0.25, -0.2) is 4.98 Å². The van der Waals surface area contributed by atoms with Gasteiger partial charge < -0.3 is 5.32 Å². The molecule has 3 rings (SSSR count). The quantitative estimate of drug-likeness (QED) is 0.688. The van der Waals surface area contributed by atoms with E-state index in [0.717, 1.165) is 22.6 Å². The molecule has 1 heterocycles. The molecule has 3 nitrogen and oxygen atoms in total. The van der Waals surface area contributed by atoms with E-state index in [9.17, 15) is 4.79 Å². The lowest BCUT2D eigenvalue weighted by molar-refractivity contribution is -0.115. The number of aromatic nitrogens is 1. The number of amides is 1. The SMILES string of the molecule is CSCc1csc(NC(=O)Cc2ccc(-c3ccccc3)cc2)n1. The second-order valence-electron chi connectivity index (χ2n) is 5.36. The zero-order valence-electron chi connectivity index (χ0n) is 13.4. The van der Waals surface area contributed by atoms with E-state index in [1.54, 1.807) is 11.8 Å². The lowest BCUT2D eigenvalue weighted by Crippen LogP contribution is -2.14. The zero-order chi connectivity index (χ0) is 16.8. The van der Waals surface area contributed by atoms with Crippen molar-refractivity contribution in [3.05, 3.63) is 71.2 Å². The Labute approximate surface area is 150 Å². The molecule has 0 bridgehead atoms. The van der Waals surface area contributed by atoms with Crippen LogP contribution in [0.25, 0.3) is 11.1 Å². The molecule has 2 aromatic carbocycles. The summed E-state index contributed by atoms with van der Waals surface area (Å²) in [6, 6.07) is 18.3. The summed E-state index contributed by atoms with van der Waals surface area (Å²) >= 11 is 3.19. The van der Waals surface area contributed by atoms with Crippen molar-refractivity contribution in [2.24, 2.45) is 0 Å². The molecule has 0 aliphatic carbocycles. The van der Waals surface area contributed by atoms with Gasteiger partial charge in [0, 0.05) is 11.1 Å². The summed E-state index contributed by atoms with van der Waals surface area (Å²) in [6.07, 6.45) is 2.39. The number of nitrogens with one attached hydrogen (secondary N) is 1. The summed E-state index contributed by atoms with van der Waals surface area (Å²) in [5.41, 5.74) is 4.34. The summed E-state index contributed by atoms with van der Waals surface area (Å²) < 4.78 is 0. The lowest BCUT2D eigenvalue weighted by atomic mass is 10.0. The number of carbonyl (C=O) groups excluding carboxylic acids is 1. The fraction of sp³-hybridized carbons (Fsp3) is 0.158. The maximum absolute atomic E-state index is 12.2. The summed E-state index contributed by atoms with van der Waals surface area (Å²) in [7, 11) is 0. The number of rotatable bonds is 6. The molecule has 24 heavy (non-hydrogen) atoms. The molecule has 3 aromatic rings. The van der Waals surface area contributed by atoms with Crippen molar-refractivity contribution in [2.45, 2.75) is 12.2 Å². The Kier molecular flexibility index (Phi) is 5.67. The molecule has 0 saturated heterocycles. The Bertz CT molecular complexity index is 798. The highest BCUT2D eigenvalue weighted by atomic mass is 32.2. The van der Waals surface area contributed by atoms with E-state index in [1.165, 1.54) is 16.9 Å². The Morgan fingerprint density at radius 2 is 1.79 bits per heavy atom. The molecule has 0 radical (unpaired) electrons. The highest BCUT2D eigenvalue weighted by Crippen LogP contribution is 2.21. The number of anilines is 1. The van der Waals surface area contributed by atoms with E-state index in [-0.39, 0.29) is 5.91 Å². The minimum Gasteiger partial charge on any atom is -0.302 e. The molecule has 0 unspecified atom stereocenters. The largest absolute Gasteiger partial charge is 0.302 e. The predicted molar refractivity (Wildman–Crippen MR) is 104 cm³/mol. The molecule has 0 saturated carbocycles. The minimum absolute atomic E-state index is 0.0347. The van der Waals surface area contributed by atoms with Crippen LogP contribution in [-0.2, 0) is 17.0 Å². The van der Waals surface area contributed by atoms with E-state index >= 15 is 0 Å². The van der Waals surface area contributed by atoms with Crippen LogP contribution in [0, 0.1) is 0 Å². The summed E-state index contributed by atoms with van der Waals surface area (Å²) in [6.45, 7) is 0. The smallest absolute Gasteiger partial charge is 0.230 e. The minimum atomic E-state index is -0.0347. The average molecular weight is 354 g/mol. The number of carbonyl (C=O) groups is 1. The molecule has 5 heteroatoms. The molecule has 0 fully saturated rings. The third-order valence-electron chi connectivity index (χ3n) is 3.52. The monoisotopic (exact) mass is 354 g/mol. The molecule has 1 N–H and O–H groups in total. The summed E-state index contributed by atoms with van der Waals surface area (Å²) in [5.74, 6) is 0.834. The first-order chi connectivity index (χ1) is 11.7.